The van der Waals surface area contributed by atoms with Gasteiger partial charge in [0.05, 0.1) is 11.0 Å². The monoisotopic (exact) mass is 396 g/mol. The lowest BCUT2D eigenvalue weighted by molar-refractivity contribution is 0.410. The van der Waals surface area contributed by atoms with Crippen molar-refractivity contribution in [3.8, 4) is 0 Å². The molecular formula is C28H32N2. The van der Waals surface area contributed by atoms with E-state index in [0.29, 0.717) is 0 Å². The van der Waals surface area contributed by atoms with E-state index in [0.717, 1.165) is 29.8 Å². The van der Waals surface area contributed by atoms with Gasteiger partial charge in [-0.1, -0.05) is 87.6 Å². The van der Waals surface area contributed by atoms with Gasteiger partial charge in [0, 0.05) is 22.2 Å². The normalized spacial score (nSPS) is 12.4. The summed E-state index contributed by atoms with van der Waals surface area (Å²) in [6.07, 6.45) is 9.79. The van der Waals surface area contributed by atoms with E-state index in [-0.39, 0.29) is 0 Å². The van der Waals surface area contributed by atoms with E-state index in [2.05, 4.69) is 79.7 Å². The van der Waals surface area contributed by atoms with E-state index < -0.39 is 0 Å². The number of rotatable bonds is 10. The van der Waals surface area contributed by atoms with Gasteiger partial charge < -0.3 is 0 Å². The minimum atomic E-state index is 0.725. The molecule has 30 heavy (non-hydrogen) atoms. The number of unbranched alkanes of at least 4 members (excludes halogenated alkanes) is 2. The van der Waals surface area contributed by atoms with Crippen molar-refractivity contribution in [3.05, 3.63) is 84.2 Å². The number of aromatic nitrogens is 2. The van der Waals surface area contributed by atoms with Crippen molar-refractivity contribution in [2.24, 2.45) is 5.92 Å². The number of nitrogens with zero attached hydrogens (tertiary/aromatic N) is 2. The second-order valence-electron chi connectivity index (χ2n) is 8.45. The number of aryl methyl sites for hydroxylation is 1. The maximum Gasteiger partial charge on any atom is 0.0705 e. The predicted molar refractivity (Wildman–Crippen MR) is 128 cm³/mol. The van der Waals surface area contributed by atoms with Gasteiger partial charge in [0.15, 0.2) is 0 Å². The molecule has 4 aromatic rings. The first-order valence-corrected chi connectivity index (χ1v) is 11.5. The van der Waals surface area contributed by atoms with Gasteiger partial charge in [0.25, 0.3) is 0 Å². The molecule has 2 heterocycles. The molecule has 0 saturated carbocycles. The summed E-state index contributed by atoms with van der Waals surface area (Å²) in [5.74, 6) is 0.725. The van der Waals surface area contributed by atoms with E-state index >= 15 is 0 Å². The van der Waals surface area contributed by atoms with Crippen molar-refractivity contribution in [1.82, 2.24) is 9.97 Å². The number of para-hydroxylation sites is 2. The first-order chi connectivity index (χ1) is 14.8. The SMILES string of the molecule is CCCCC(CCCCc1ccc2ccccc2n1)Cc1ccc2ccccc2n1. The molecule has 0 radical (unpaired) electrons. The molecule has 1 unspecified atom stereocenters. The fourth-order valence-electron chi connectivity index (χ4n) is 4.35. The molecule has 0 spiro atoms. The van der Waals surface area contributed by atoms with Crippen molar-refractivity contribution in [3.63, 3.8) is 0 Å². The minimum absolute atomic E-state index is 0.725. The molecule has 2 aromatic heterocycles. The molecular weight excluding hydrogens is 364 g/mol. The Balaban J connectivity index is 1.32. The van der Waals surface area contributed by atoms with Crippen LogP contribution in [0.2, 0.25) is 0 Å². The largest absolute Gasteiger partial charge is 0.253 e. The molecule has 0 N–H and O–H groups in total. The molecule has 4 rings (SSSR count). The highest BCUT2D eigenvalue weighted by molar-refractivity contribution is 5.79. The Morgan fingerprint density at radius 3 is 1.93 bits per heavy atom. The zero-order chi connectivity index (χ0) is 20.6. The molecule has 154 valence electrons. The van der Waals surface area contributed by atoms with Crippen LogP contribution in [-0.4, -0.2) is 9.97 Å². The Kier molecular flexibility index (Phi) is 7.07. The summed E-state index contributed by atoms with van der Waals surface area (Å²) >= 11 is 0. The molecule has 2 aromatic carbocycles. The number of fused-ring (bicyclic) bond motifs is 2. The third-order valence-corrected chi connectivity index (χ3v) is 6.07. The van der Waals surface area contributed by atoms with Gasteiger partial charge in [-0.05, 0) is 49.4 Å². The van der Waals surface area contributed by atoms with Gasteiger partial charge in [0.1, 0.15) is 0 Å². The molecule has 0 aliphatic carbocycles. The Labute approximate surface area is 180 Å². The summed E-state index contributed by atoms with van der Waals surface area (Å²) in [6.45, 7) is 2.29. The summed E-state index contributed by atoms with van der Waals surface area (Å²) in [4.78, 5) is 9.75. The van der Waals surface area contributed by atoms with Crippen molar-refractivity contribution in [1.29, 1.82) is 0 Å². The summed E-state index contributed by atoms with van der Waals surface area (Å²) in [6, 6.07) is 25.6. The Morgan fingerprint density at radius 2 is 1.23 bits per heavy atom. The van der Waals surface area contributed by atoms with Gasteiger partial charge in [-0.3, -0.25) is 9.97 Å². The van der Waals surface area contributed by atoms with Crippen molar-refractivity contribution in [2.75, 3.05) is 0 Å². The van der Waals surface area contributed by atoms with Crippen LogP contribution in [0.1, 0.15) is 56.8 Å². The van der Waals surface area contributed by atoms with Crippen LogP contribution in [0, 0.1) is 5.92 Å². The smallest absolute Gasteiger partial charge is 0.0705 e. The summed E-state index contributed by atoms with van der Waals surface area (Å²) < 4.78 is 0. The molecule has 2 nitrogen and oxygen atoms in total. The molecule has 0 aliphatic rings. The second kappa shape index (κ2) is 10.3. The zero-order valence-corrected chi connectivity index (χ0v) is 18.1. The van der Waals surface area contributed by atoms with E-state index in [1.165, 1.54) is 60.7 Å². The Bertz CT molecular complexity index is 1090. The van der Waals surface area contributed by atoms with Gasteiger partial charge in [-0.2, -0.15) is 0 Å². The van der Waals surface area contributed by atoms with Crippen LogP contribution in [0.5, 0.6) is 0 Å². The minimum Gasteiger partial charge on any atom is -0.253 e. The van der Waals surface area contributed by atoms with Gasteiger partial charge in [-0.25, -0.2) is 0 Å². The van der Waals surface area contributed by atoms with E-state index in [1.807, 2.05) is 0 Å². The highest BCUT2D eigenvalue weighted by Crippen LogP contribution is 2.23. The number of benzene rings is 2. The second-order valence-corrected chi connectivity index (χ2v) is 8.45. The fourth-order valence-corrected chi connectivity index (χ4v) is 4.35. The first kappa shape index (κ1) is 20.5. The molecule has 1 atom stereocenters. The van der Waals surface area contributed by atoms with Gasteiger partial charge >= 0.3 is 0 Å². The van der Waals surface area contributed by atoms with Crippen molar-refractivity contribution in [2.45, 2.75) is 58.3 Å². The van der Waals surface area contributed by atoms with Crippen molar-refractivity contribution < 1.29 is 0 Å². The predicted octanol–water partition coefficient (Wildman–Crippen LogP) is 7.54. The standard InChI is InChI=1S/C28H32N2/c1-2-3-10-22(21-26-20-18-24-13-6-9-16-28(24)30-26)11-4-7-14-25-19-17-23-12-5-8-15-27(23)29-25/h5-6,8-9,12-13,15-20,22H,2-4,7,10-11,14,21H2,1H3. The average molecular weight is 397 g/mol. The third kappa shape index (κ3) is 5.44. The lowest BCUT2D eigenvalue weighted by Gasteiger charge is -2.16. The topological polar surface area (TPSA) is 25.8 Å². The summed E-state index contributed by atoms with van der Waals surface area (Å²) in [7, 11) is 0. The maximum absolute atomic E-state index is 4.92. The van der Waals surface area contributed by atoms with Gasteiger partial charge in [-0.15, -0.1) is 0 Å². The lowest BCUT2D eigenvalue weighted by Crippen LogP contribution is -2.07. The third-order valence-electron chi connectivity index (χ3n) is 6.07. The van der Waals surface area contributed by atoms with Crippen LogP contribution in [0.3, 0.4) is 0 Å². The average Bonchev–Trinajstić information content (AvgIpc) is 2.80. The van der Waals surface area contributed by atoms with Gasteiger partial charge in [0.2, 0.25) is 0 Å². The first-order valence-electron chi connectivity index (χ1n) is 11.5. The number of hydrogen-bond donors (Lipinski definition) is 0. The zero-order valence-electron chi connectivity index (χ0n) is 18.1. The Hall–Kier alpha value is -2.74. The molecule has 0 amide bonds. The molecule has 0 aliphatic heterocycles. The highest BCUT2D eigenvalue weighted by atomic mass is 14.7. The number of hydrogen-bond acceptors (Lipinski definition) is 2. The van der Waals surface area contributed by atoms with Crippen LogP contribution < -0.4 is 0 Å². The number of pyridine rings is 2. The Morgan fingerprint density at radius 1 is 0.633 bits per heavy atom. The molecule has 2 heteroatoms. The van der Waals surface area contributed by atoms with Crippen molar-refractivity contribution >= 4 is 21.8 Å². The summed E-state index contributed by atoms with van der Waals surface area (Å²) in [5, 5.41) is 2.46. The van der Waals surface area contributed by atoms with E-state index in [4.69, 9.17) is 9.97 Å². The maximum atomic E-state index is 4.92. The van der Waals surface area contributed by atoms with Crippen LogP contribution in [0.15, 0.2) is 72.8 Å². The molecule has 0 saturated heterocycles. The fraction of sp³-hybridized carbons (Fsp3) is 0.357. The van der Waals surface area contributed by atoms with Crippen LogP contribution >= 0.6 is 0 Å². The van der Waals surface area contributed by atoms with E-state index in [1.54, 1.807) is 0 Å². The van der Waals surface area contributed by atoms with Crippen LogP contribution in [0.25, 0.3) is 21.8 Å². The summed E-state index contributed by atoms with van der Waals surface area (Å²) in [5.41, 5.74) is 4.69. The highest BCUT2D eigenvalue weighted by Gasteiger charge is 2.11. The lowest BCUT2D eigenvalue weighted by atomic mass is 9.90. The van der Waals surface area contributed by atoms with Crippen LogP contribution in [0.4, 0.5) is 0 Å². The molecule has 0 fully saturated rings. The van der Waals surface area contributed by atoms with E-state index in [9.17, 15) is 0 Å². The molecule has 0 bridgehead atoms. The van der Waals surface area contributed by atoms with Crippen LogP contribution in [-0.2, 0) is 12.8 Å². The quantitative estimate of drug-likeness (QED) is 0.259.